The Morgan fingerprint density at radius 2 is 0.909 bits per heavy atom. The number of esters is 4. The quantitative estimate of drug-likeness (QED) is 0.120. The van der Waals surface area contributed by atoms with Crippen LogP contribution in [0.2, 0.25) is 0 Å². The molecule has 6 rings (SSSR count). The van der Waals surface area contributed by atoms with Gasteiger partial charge in [0.2, 0.25) is 0 Å². The molecule has 0 aliphatic carbocycles. The van der Waals surface area contributed by atoms with Crippen molar-refractivity contribution in [3.05, 3.63) is 144 Å². The predicted octanol–water partition coefficient (Wildman–Crippen LogP) is 2.06. The maximum atomic E-state index is 13.8. The molecule has 10 atom stereocenters. The summed E-state index contributed by atoms with van der Waals surface area (Å²) in [6.07, 6.45) is -17.6. The highest BCUT2D eigenvalue weighted by Crippen LogP contribution is 2.34. The number of carbonyl (C=O) groups excluding carboxylic acids is 4. The molecule has 2 fully saturated rings. The van der Waals surface area contributed by atoms with E-state index in [0.717, 1.165) is 0 Å². The molecular weight excluding hydrogens is 720 g/mol. The van der Waals surface area contributed by atoms with Gasteiger partial charge >= 0.3 is 23.9 Å². The Kier molecular flexibility index (Phi) is 13.0. The highest BCUT2D eigenvalue weighted by molar-refractivity contribution is 5.91. The van der Waals surface area contributed by atoms with Crippen LogP contribution in [0.5, 0.6) is 0 Å². The minimum atomic E-state index is -1.95. The van der Waals surface area contributed by atoms with Gasteiger partial charge in [-0.05, 0) is 48.5 Å². The largest absolute Gasteiger partial charge is 0.459 e. The normalized spacial score (nSPS) is 27.6. The zero-order valence-corrected chi connectivity index (χ0v) is 29.0. The van der Waals surface area contributed by atoms with E-state index in [9.17, 15) is 39.6 Å². The molecule has 288 valence electrons. The molecule has 4 aromatic carbocycles. The molecule has 1 unspecified atom stereocenters. The molecule has 2 saturated heterocycles. The number of rotatable bonds is 12. The summed E-state index contributed by atoms with van der Waals surface area (Å²) in [6.45, 7) is -1.45. The van der Waals surface area contributed by atoms with Gasteiger partial charge in [-0.25, -0.2) is 19.2 Å². The number of aliphatic hydroxyl groups excluding tert-OH is 4. The van der Waals surface area contributed by atoms with Gasteiger partial charge in [-0.2, -0.15) is 0 Å². The second-order valence-electron chi connectivity index (χ2n) is 12.5. The summed E-state index contributed by atoms with van der Waals surface area (Å²) in [5.41, 5.74) is 0.365. The Bertz CT molecular complexity index is 1880. The molecule has 0 saturated carbocycles. The summed E-state index contributed by atoms with van der Waals surface area (Å²) in [4.78, 5) is 54.3. The van der Waals surface area contributed by atoms with Crippen molar-refractivity contribution in [2.75, 3.05) is 13.2 Å². The van der Waals surface area contributed by atoms with E-state index in [4.69, 9.17) is 33.2 Å². The van der Waals surface area contributed by atoms with Gasteiger partial charge in [-0.3, -0.25) is 0 Å². The highest BCUT2D eigenvalue weighted by Gasteiger charge is 2.56. The summed E-state index contributed by atoms with van der Waals surface area (Å²) in [6, 6.07) is 31.2. The summed E-state index contributed by atoms with van der Waals surface area (Å²) < 4.78 is 40.9. The summed E-state index contributed by atoms with van der Waals surface area (Å²) >= 11 is 0. The molecule has 0 amide bonds. The maximum absolute atomic E-state index is 13.8. The number of benzene rings is 4. The highest BCUT2D eigenvalue weighted by atomic mass is 16.7. The van der Waals surface area contributed by atoms with E-state index in [1.54, 1.807) is 72.8 Å². The van der Waals surface area contributed by atoms with Crippen molar-refractivity contribution in [3.63, 3.8) is 0 Å². The molecular formula is C40H38O15. The molecule has 0 spiro atoms. The van der Waals surface area contributed by atoms with Crippen LogP contribution in [0.4, 0.5) is 0 Å². The topological polar surface area (TPSA) is 214 Å². The van der Waals surface area contributed by atoms with Gasteiger partial charge in [0.1, 0.15) is 37.1 Å². The van der Waals surface area contributed by atoms with Crippen molar-refractivity contribution in [1.82, 2.24) is 0 Å². The van der Waals surface area contributed by atoms with Gasteiger partial charge in [0, 0.05) is 0 Å². The van der Waals surface area contributed by atoms with Gasteiger partial charge in [0.25, 0.3) is 0 Å². The zero-order chi connectivity index (χ0) is 38.9. The van der Waals surface area contributed by atoms with Crippen molar-refractivity contribution in [3.8, 4) is 0 Å². The lowest BCUT2D eigenvalue weighted by Crippen LogP contribution is -2.66. The Morgan fingerprint density at radius 3 is 1.36 bits per heavy atom. The Balaban J connectivity index is 1.43. The third kappa shape index (κ3) is 9.41. The first-order valence-electron chi connectivity index (χ1n) is 17.3. The van der Waals surface area contributed by atoms with Crippen LogP contribution in [-0.4, -0.2) is 119 Å². The smallest absolute Gasteiger partial charge is 0.338 e. The van der Waals surface area contributed by atoms with Crippen LogP contribution in [0, 0.1) is 0 Å². The van der Waals surface area contributed by atoms with Crippen LogP contribution < -0.4 is 0 Å². The second-order valence-corrected chi connectivity index (χ2v) is 12.5. The average molecular weight is 759 g/mol. The molecule has 2 aliphatic rings. The lowest BCUT2D eigenvalue weighted by molar-refractivity contribution is -0.354. The number of ether oxygens (including phenoxy) is 7. The molecule has 2 heterocycles. The van der Waals surface area contributed by atoms with Crippen LogP contribution in [0.25, 0.3) is 0 Å². The van der Waals surface area contributed by atoms with Gasteiger partial charge in [0.15, 0.2) is 30.9 Å². The average Bonchev–Trinajstić information content (AvgIpc) is 3.22. The molecule has 0 bridgehead atoms. The monoisotopic (exact) mass is 758 g/mol. The molecule has 55 heavy (non-hydrogen) atoms. The van der Waals surface area contributed by atoms with Crippen molar-refractivity contribution in [2.24, 2.45) is 0 Å². The maximum Gasteiger partial charge on any atom is 0.338 e. The predicted molar refractivity (Wildman–Crippen MR) is 187 cm³/mol. The summed E-state index contributed by atoms with van der Waals surface area (Å²) in [5.74, 6) is -3.62. The lowest BCUT2D eigenvalue weighted by Gasteiger charge is -2.47. The van der Waals surface area contributed by atoms with E-state index >= 15 is 0 Å². The molecule has 0 radical (unpaired) electrons. The van der Waals surface area contributed by atoms with Crippen LogP contribution in [0.1, 0.15) is 41.4 Å². The van der Waals surface area contributed by atoms with Gasteiger partial charge in [-0.15, -0.1) is 0 Å². The minimum Gasteiger partial charge on any atom is -0.459 e. The van der Waals surface area contributed by atoms with Gasteiger partial charge in [0.05, 0.1) is 28.9 Å². The van der Waals surface area contributed by atoms with E-state index in [2.05, 4.69) is 0 Å². The molecule has 4 N–H and O–H groups in total. The van der Waals surface area contributed by atoms with Crippen molar-refractivity contribution >= 4 is 23.9 Å². The van der Waals surface area contributed by atoms with Crippen LogP contribution in [0.3, 0.4) is 0 Å². The summed E-state index contributed by atoms with van der Waals surface area (Å²) in [5, 5.41) is 42.2. The van der Waals surface area contributed by atoms with E-state index in [1.807, 2.05) is 0 Å². The number of hydrogen-bond acceptors (Lipinski definition) is 15. The molecule has 15 nitrogen and oxygen atoms in total. The standard InChI is InChI=1S/C40H38O15/c41-21-27-29(42)32(30(43)39(48)50-27)55-40-34(54-38(47)26-19-11-4-12-20-26)33(53-37(46)25-17-9-3-10-18-25)31(52-36(45)24-15-7-2-8-16-24)28(51-40)22-49-35(44)23-13-5-1-6-14-23/h1-20,27-34,39-43,48H,21-22H2/t27-,28-,29-,30-,31-,32+,33+,34-,39?,40+/m1/s1. The Labute approximate surface area is 314 Å². The summed E-state index contributed by atoms with van der Waals surface area (Å²) in [7, 11) is 0. The van der Waals surface area contributed by atoms with Gasteiger partial charge < -0.3 is 53.6 Å². The fourth-order valence-electron chi connectivity index (χ4n) is 6.02. The molecule has 4 aromatic rings. The minimum absolute atomic E-state index is 0.0491. The number of carbonyl (C=O) groups is 4. The van der Waals surface area contributed by atoms with Crippen LogP contribution in [0.15, 0.2) is 121 Å². The number of hydrogen-bond donors (Lipinski definition) is 4. The molecule has 15 heteroatoms. The first-order valence-corrected chi connectivity index (χ1v) is 17.3. The molecule has 2 aliphatic heterocycles. The fraction of sp³-hybridized carbons (Fsp3) is 0.300. The fourth-order valence-corrected chi connectivity index (χ4v) is 6.02. The van der Waals surface area contributed by atoms with Crippen LogP contribution in [-0.2, 0) is 33.2 Å². The third-order valence-electron chi connectivity index (χ3n) is 8.87. The Morgan fingerprint density at radius 1 is 0.491 bits per heavy atom. The van der Waals surface area contributed by atoms with E-state index in [1.165, 1.54) is 48.5 Å². The first-order chi connectivity index (χ1) is 26.6. The first kappa shape index (κ1) is 39.2. The number of aliphatic hydroxyl groups is 4. The van der Waals surface area contributed by atoms with Crippen molar-refractivity contribution < 1.29 is 72.8 Å². The van der Waals surface area contributed by atoms with Crippen molar-refractivity contribution in [1.29, 1.82) is 0 Å². The van der Waals surface area contributed by atoms with E-state index in [0.29, 0.717) is 0 Å². The van der Waals surface area contributed by atoms with Crippen LogP contribution >= 0.6 is 0 Å². The Hall–Kier alpha value is -5.52. The van der Waals surface area contributed by atoms with Gasteiger partial charge in [-0.1, -0.05) is 72.8 Å². The van der Waals surface area contributed by atoms with E-state index < -0.39 is 98.5 Å². The lowest BCUT2D eigenvalue weighted by atomic mass is 9.96. The third-order valence-corrected chi connectivity index (χ3v) is 8.87. The van der Waals surface area contributed by atoms with Crippen molar-refractivity contribution in [2.45, 2.75) is 61.4 Å². The molecule has 0 aromatic heterocycles. The van der Waals surface area contributed by atoms with E-state index in [-0.39, 0.29) is 22.3 Å². The zero-order valence-electron chi connectivity index (χ0n) is 29.0. The SMILES string of the molecule is O=C(OC[C@H]1O[C@@H](O[C@H]2[C@H](O)[C@@H](CO)OC(O)[C@@H]2O)[C@H](OC(=O)c2ccccc2)[C@@H](OC(=O)c2ccccc2)[C@@H]1OC(=O)c1ccccc1)c1ccccc1. The second kappa shape index (κ2) is 18.2.